The highest BCUT2D eigenvalue weighted by Crippen LogP contribution is 2.28. The van der Waals surface area contributed by atoms with Crippen molar-refractivity contribution in [2.24, 2.45) is 5.73 Å². The number of aromatic nitrogens is 1. The molecule has 2 N–H and O–H groups in total. The summed E-state index contributed by atoms with van der Waals surface area (Å²) in [5.41, 5.74) is 7.76. The molecule has 0 spiro atoms. The maximum atomic E-state index is 5.96. The second-order valence-corrected chi connectivity index (χ2v) is 5.59. The molecule has 1 atom stereocenters. The van der Waals surface area contributed by atoms with Crippen molar-refractivity contribution in [2.75, 3.05) is 0 Å². The van der Waals surface area contributed by atoms with Gasteiger partial charge in [-0.1, -0.05) is 25.1 Å². The number of benzene rings is 1. The van der Waals surface area contributed by atoms with E-state index in [1.807, 2.05) is 35.7 Å². The highest BCUT2D eigenvalue weighted by molar-refractivity contribution is 7.09. The number of hydrogen-bond donors (Lipinski definition) is 1. The lowest BCUT2D eigenvalue weighted by Gasteiger charge is -2.04. The molecule has 1 unspecified atom stereocenters. The quantitative estimate of drug-likeness (QED) is 0.785. The van der Waals surface area contributed by atoms with Crippen LogP contribution in [-0.4, -0.2) is 11.0 Å². The molecule has 0 fully saturated rings. The molecule has 4 heteroatoms. The lowest BCUT2D eigenvalue weighted by Crippen LogP contribution is -2.21. The zero-order valence-corrected chi connectivity index (χ0v) is 11.6. The Bertz CT molecular complexity index is 653. The summed E-state index contributed by atoms with van der Waals surface area (Å²) in [7, 11) is 0. The van der Waals surface area contributed by atoms with Gasteiger partial charge in [-0.25, -0.2) is 4.98 Å². The molecule has 0 bridgehead atoms. The highest BCUT2D eigenvalue weighted by atomic mass is 32.1. The van der Waals surface area contributed by atoms with E-state index in [1.165, 1.54) is 0 Å². The van der Waals surface area contributed by atoms with Crippen molar-refractivity contribution < 1.29 is 4.42 Å². The molecular weight excluding hydrogens is 256 g/mol. The summed E-state index contributed by atoms with van der Waals surface area (Å²) in [6, 6.07) is 10.2. The van der Waals surface area contributed by atoms with E-state index in [4.69, 9.17) is 10.2 Å². The van der Waals surface area contributed by atoms with E-state index < -0.39 is 0 Å². The Balaban J connectivity index is 1.89. The normalized spacial score (nSPS) is 12.9. The van der Waals surface area contributed by atoms with Crippen molar-refractivity contribution in [2.45, 2.75) is 25.8 Å². The van der Waals surface area contributed by atoms with Gasteiger partial charge >= 0.3 is 0 Å². The highest BCUT2D eigenvalue weighted by Gasteiger charge is 2.11. The first-order valence-corrected chi connectivity index (χ1v) is 7.33. The van der Waals surface area contributed by atoms with Crippen LogP contribution in [0, 0.1) is 0 Å². The van der Waals surface area contributed by atoms with Crippen LogP contribution in [0.3, 0.4) is 0 Å². The summed E-state index contributed by atoms with van der Waals surface area (Å²) in [6.07, 6.45) is 1.81. The van der Waals surface area contributed by atoms with Gasteiger partial charge in [0.05, 0.1) is 5.01 Å². The molecule has 98 valence electrons. The fraction of sp³-hybridized carbons (Fsp3) is 0.267. The molecule has 19 heavy (non-hydrogen) atoms. The van der Waals surface area contributed by atoms with Crippen LogP contribution in [0.1, 0.15) is 18.4 Å². The van der Waals surface area contributed by atoms with E-state index in [1.54, 1.807) is 11.3 Å². The predicted molar refractivity (Wildman–Crippen MR) is 79.3 cm³/mol. The van der Waals surface area contributed by atoms with Crippen molar-refractivity contribution in [3.05, 3.63) is 40.7 Å². The molecule has 3 rings (SSSR count). The van der Waals surface area contributed by atoms with Gasteiger partial charge in [0.25, 0.3) is 0 Å². The average molecular weight is 272 g/mol. The van der Waals surface area contributed by atoms with E-state index in [2.05, 4.69) is 11.9 Å². The summed E-state index contributed by atoms with van der Waals surface area (Å²) in [6.45, 7) is 2.10. The van der Waals surface area contributed by atoms with Gasteiger partial charge in [-0.05, 0) is 18.6 Å². The second-order valence-electron chi connectivity index (χ2n) is 4.65. The maximum Gasteiger partial charge on any atom is 0.154 e. The number of nitrogens with two attached hydrogens (primary N) is 1. The number of furan rings is 1. The molecule has 3 aromatic rings. The van der Waals surface area contributed by atoms with E-state index in [9.17, 15) is 0 Å². The van der Waals surface area contributed by atoms with E-state index in [0.29, 0.717) is 0 Å². The summed E-state index contributed by atoms with van der Waals surface area (Å²) >= 11 is 1.65. The molecule has 1 aromatic carbocycles. The fourth-order valence-corrected chi connectivity index (χ4v) is 2.87. The zero-order valence-electron chi connectivity index (χ0n) is 10.8. The summed E-state index contributed by atoms with van der Waals surface area (Å²) in [5.74, 6) is 0.828. The number of fused-ring (bicyclic) bond motifs is 1. The Morgan fingerprint density at radius 1 is 1.37 bits per heavy atom. The molecule has 2 aromatic heterocycles. The van der Waals surface area contributed by atoms with Crippen LogP contribution in [0.2, 0.25) is 0 Å². The first kappa shape index (κ1) is 12.4. The van der Waals surface area contributed by atoms with Crippen molar-refractivity contribution in [1.82, 2.24) is 4.98 Å². The third-order valence-corrected chi connectivity index (χ3v) is 4.06. The van der Waals surface area contributed by atoms with E-state index >= 15 is 0 Å². The molecule has 0 aliphatic heterocycles. The monoisotopic (exact) mass is 272 g/mol. The molecule has 0 saturated heterocycles. The Kier molecular flexibility index (Phi) is 3.36. The van der Waals surface area contributed by atoms with Gasteiger partial charge in [0.15, 0.2) is 5.76 Å². The van der Waals surface area contributed by atoms with Crippen LogP contribution in [0.25, 0.3) is 22.4 Å². The molecule has 2 heterocycles. The number of nitrogens with zero attached hydrogens (tertiary/aromatic N) is 1. The van der Waals surface area contributed by atoms with Gasteiger partial charge in [0.1, 0.15) is 11.3 Å². The second kappa shape index (κ2) is 5.15. The van der Waals surface area contributed by atoms with Crippen LogP contribution in [0.15, 0.2) is 40.1 Å². The first-order chi connectivity index (χ1) is 9.26. The van der Waals surface area contributed by atoms with Crippen LogP contribution in [-0.2, 0) is 6.42 Å². The van der Waals surface area contributed by atoms with E-state index in [0.717, 1.165) is 40.3 Å². The van der Waals surface area contributed by atoms with Gasteiger partial charge < -0.3 is 10.2 Å². The standard InChI is InChI=1S/C15H16N2OS/c1-2-11(16)8-15-17-12(9-19-15)14-7-10-5-3-4-6-13(10)18-14/h3-7,9,11H,2,8,16H2,1H3. The first-order valence-electron chi connectivity index (χ1n) is 6.45. The number of thiazole rings is 1. The van der Waals surface area contributed by atoms with Crippen molar-refractivity contribution in [3.8, 4) is 11.5 Å². The van der Waals surface area contributed by atoms with Gasteiger partial charge in [0, 0.05) is 23.2 Å². The molecule has 0 saturated carbocycles. The number of hydrogen-bond acceptors (Lipinski definition) is 4. The van der Waals surface area contributed by atoms with Crippen LogP contribution >= 0.6 is 11.3 Å². The summed E-state index contributed by atoms with van der Waals surface area (Å²) in [5, 5.41) is 4.22. The maximum absolute atomic E-state index is 5.96. The molecule has 0 amide bonds. The molecule has 0 aliphatic rings. The average Bonchev–Trinajstić information content (AvgIpc) is 3.04. The Hall–Kier alpha value is -1.65. The third-order valence-electron chi connectivity index (χ3n) is 3.19. The Labute approximate surface area is 116 Å². The molecule has 0 aliphatic carbocycles. The Morgan fingerprint density at radius 2 is 2.21 bits per heavy atom. The topological polar surface area (TPSA) is 52.0 Å². The van der Waals surface area contributed by atoms with Crippen LogP contribution < -0.4 is 5.73 Å². The Morgan fingerprint density at radius 3 is 3.00 bits per heavy atom. The van der Waals surface area contributed by atoms with Crippen LogP contribution in [0.5, 0.6) is 0 Å². The van der Waals surface area contributed by atoms with Gasteiger partial charge in [-0.3, -0.25) is 0 Å². The minimum atomic E-state index is 0.190. The van der Waals surface area contributed by atoms with E-state index in [-0.39, 0.29) is 6.04 Å². The zero-order chi connectivity index (χ0) is 13.2. The number of para-hydroxylation sites is 1. The smallest absolute Gasteiger partial charge is 0.154 e. The summed E-state index contributed by atoms with van der Waals surface area (Å²) < 4.78 is 5.81. The minimum absolute atomic E-state index is 0.190. The lowest BCUT2D eigenvalue weighted by molar-refractivity contribution is 0.626. The van der Waals surface area contributed by atoms with Crippen molar-refractivity contribution >= 4 is 22.3 Å². The predicted octanol–water partition coefficient (Wildman–Crippen LogP) is 3.84. The fourth-order valence-electron chi connectivity index (χ4n) is 1.99. The third kappa shape index (κ3) is 2.55. The molecule has 0 radical (unpaired) electrons. The number of rotatable bonds is 4. The molecule has 3 nitrogen and oxygen atoms in total. The van der Waals surface area contributed by atoms with Gasteiger partial charge in [0.2, 0.25) is 0 Å². The van der Waals surface area contributed by atoms with Gasteiger partial charge in [-0.2, -0.15) is 0 Å². The van der Waals surface area contributed by atoms with Crippen molar-refractivity contribution in [1.29, 1.82) is 0 Å². The largest absolute Gasteiger partial charge is 0.454 e. The lowest BCUT2D eigenvalue weighted by atomic mass is 10.2. The SMILES string of the molecule is CCC(N)Cc1nc(-c2cc3ccccc3o2)cs1. The molecular formula is C15H16N2OS. The van der Waals surface area contributed by atoms with Crippen molar-refractivity contribution in [3.63, 3.8) is 0 Å². The van der Waals surface area contributed by atoms with Crippen LogP contribution in [0.4, 0.5) is 0 Å². The van der Waals surface area contributed by atoms with Gasteiger partial charge in [-0.15, -0.1) is 11.3 Å². The minimum Gasteiger partial charge on any atom is -0.454 e. The summed E-state index contributed by atoms with van der Waals surface area (Å²) in [4.78, 5) is 4.61.